The molecule has 4 saturated carbocycles. The van der Waals surface area contributed by atoms with E-state index in [-0.39, 0.29) is 95.7 Å². The summed E-state index contributed by atoms with van der Waals surface area (Å²) in [5, 5.41) is 51.4. The van der Waals surface area contributed by atoms with Crippen LogP contribution >= 0.6 is 11.6 Å². The smallest absolute Gasteiger partial charge is 0.293 e. The predicted octanol–water partition coefficient (Wildman–Crippen LogP) is 12.9. The molecule has 4 aromatic carbocycles. The minimum Gasteiger partial charge on any atom is -0.340 e. The molecule has 33 nitrogen and oxygen atoms in total. The Kier molecular flexibility index (Phi) is 25.5. The Morgan fingerprint density at radius 2 is 0.759 bits per heavy atom. The number of anilines is 4. The molecular weight excluding hydrogens is 1820 g/mol. The zero-order chi connectivity index (χ0) is 98.3. The first kappa shape index (κ1) is 95.2. The van der Waals surface area contributed by atoms with Crippen molar-refractivity contribution in [1.29, 1.82) is 0 Å². The number of nitrogens with one attached hydrogen (secondary N) is 11. The number of carbonyl (C=O) groups is 12. The largest absolute Gasteiger partial charge is 0.340 e. The molecule has 4 aliphatic carbocycles. The van der Waals surface area contributed by atoms with E-state index in [1.165, 1.54) is 76.6 Å². The summed E-state index contributed by atoms with van der Waals surface area (Å²) in [5.41, 5.74) is 2.93. The average molecular weight is 1910 g/mol. The SMILES string of the molecule is C#CC1(NC(=O)C(=O)c2c(C)c(C(=O)Nc3cc(F)c(C)c(F)c3)n3c2CCC3)CC1.Cc1cc(F)c(NC(=O)c2c(C)c(C(=O)C(=O)NC3(c4cn[nH]n4)CC3)c3n2CCC3)cc1Cl.Cc1cc(F)c(NC(=O)c2c(C)c(C(=O)C(=O)NC3(c4cn[nH]n4)CC3)c3n2CCC3)cc1F.Cc1ccc(NC(=O)c2c(C)c(C(=O)C(=O)NC3(c4cn[nH]n4)CC(F)(F)C3)c3n2CCC3)cc1C(F)F. The summed E-state index contributed by atoms with van der Waals surface area (Å²) in [5.74, 6) is -13.2. The van der Waals surface area contributed by atoms with Crippen LogP contribution in [-0.4, -0.2) is 146 Å². The number of ketones is 4. The standard InChI is InChI=1S/C25H24F4N6O3.C23H22ClFN6O3.C23H22F2N6O3.C23H21F2N3O3/c1-12-5-6-14(8-15(12)21(26)27)31-22(37)19-13(2)18(16-4-3-7-35(16)19)20(36)23(38)32-24(10-25(28,29)11-24)17-9-30-34-33-17;2*1-11-8-14(25)15(9-13(11)24)27-21(33)19-12(2)18(16-4-3-7-31(16)19)20(32)22(34)28-23(5-6-23)17-10-26-30-29-17;1-4-23(7-8-23)27-22(31)20(29)18-13(3)19(28-9-5-6-17(18)28)21(30)26-14-10-15(24)12(2)16(25)11-14/h5-6,8-9,21H,3-4,7,10-11H2,1-2H3,(H,31,37)(H,32,38)(H,30,33,34);2*8-10H,3-7H2,1-2H3,(H,27,33)(H,28,34)(H,26,29,30);1,10-11H,5-9H2,2-3H3,(H,26,30)(H,27,31). The lowest BCUT2D eigenvalue weighted by Crippen LogP contribution is -2.61. The Hall–Kier alpha value is -14.9. The van der Waals surface area contributed by atoms with Gasteiger partial charge in [0, 0.05) is 95.4 Å². The molecule has 712 valence electrons. The number of aryl methyl sites for hydroxylation is 3. The molecule has 137 heavy (non-hydrogen) atoms. The number of H-pyrrole nitrogens is 3. The number of halogens is 10. The van der Waals surface area contributed by atoms with Gasteiger partial charge in [-0.15, -0.1) is 6.42 Å². The van der Waals surface area contributed by atoms with Gasteiger partial charge < -0.3 is 60.8 Å². The Morgan fingerprint density at radius 1 is 0.409 bits per heavy atom. The van der Waals surface area contributed by atoms with Crippen LogP contribution in [0.2, 0.25) is 5.02 Å². The van der Waals surface area contributed by atoms with Crippen molar-refractivity contribution in [2.45, 2.75) is 219 Å². The second kappa shape index (κ2) is 36.7. The highest BCUT2D eigenvalue weighted by atomic mass is 35.5. The zero-order valence-electron chi connectivity index (χ0n) is 74.9. The molecule has 8 aliphatic rings. The van der Waals surface area contributed by atoms with Crippen molar-refractivity contribution in [2.75, 3.05) is 21.3 Å². The van der Waals surface area contributed by atoms with Crippen LogP contribution < -0.4 is 42.5 Å². The summed E-state index contributed by atoms with van der Waals surface area (Å²) in [6.07, 6.45) is 14.1. The van der Waals surface area contributed by atoms with Gasteiger partial charge in [-0.05, 0) is 227 Å². The molecule has 11 aromatic rings. The molecule has 7 aromatic heterocycles. The maximum atomic E-state index is 14.4. The average Bonchev–Trinajstić information content (AvgIpc) is 1.49. The van der Waals surface area contributed by atoms with Crippen molar-refractivity contribution in [3.63, 3.8) is 0 Å². The predicted molar refractivity (Wildman–Crippen MR) is 474 cm³/mol. The number of amides is 8. The van der Waals surface area contributed by atoms with Gasteiger partial charge in [-0.1, -0.05) is 23.6 Å². The summed E-state index contributed by atoms with van der Waals surface area (Å²) in [7, 11) is 0. The zero-order valence-corrected chi connectivity index (χ0v) is 75.6. The van der Waals surface area contributed by atoms with Gasteiger partial charge >= 0.3 is 0 Å². The van der Waals surface area contributed by atoms with Crippen LogP contribution in [0.4, 0.5) is 62.3 Å². The molecule has 11 N–H and O–H groups in total. The third-order valence-electron chi connectivity index (χ3n) is 26.3. The summed E-state index contributed by atoms with van der Waals surface area (Å²) in [4.78, 5) is 157. The van der Waals surface area contributed by atoms with Crippen molar-refractivity contribution in [3.05, 3.63) is 242 Å². The number of rotatable bonds is 24. The van der Waals surface area contributed by atoms with Crippen molar-refractivity contribution >= 4 is 105 Å². The number of carbonyl (C=O) groups excluding carboxylic acids is 12. The lowest BCUT2D eigenvalue weighted by molar-refractivity contribution is -0.148. The first-order valence-electron chi connectivity index (χ1n) is 43.8. The Morgan fingerprint density at radius 3 is 1.11 bits per heavy atom. The molecule has 43 heteroatoms. The summed E-state index contributed by atoms with van der Waals surface area (Å²) < 4.78 is 131. The highest BCUT2D eigenvalue weighted by Gasteiger charge is 2.61. The van der Waals surface area contributed by atoms with E-state index < -0.39 is 147 Å². The van der Waals surface area contributed by atoms with Crippen LogP contribution in [0.15, 0.2) is 73.2 Å². The third-order valence-corrected chi connectivity index (χ3v) is 26.7. The van der Waals surface area contributed by atoms with Crippen LogP contribution in [0.1, 0.15) is 257 Å². The van der Waals surface area contributed by atoms with Gasteiger partial charge in [0.15, 0.2) is 0 Å². The van der Waals surface area contributed by atoms with Gasteiger partial charge in [0.05, 0.1) is 68.8 Å². The van der Waals surface area contributed by atoms with Crippen molar-refractivity contribution in [1.82, 2.24) is 85.8 Å². The van der Waals surface area contributed by atoms with Crippen LogP contribution in [0.5, 0.6) is 0 Å². The second-order valence-electron chi connectivity index (χ2n) is 35.5. The molecule has 0 saturated heterocycles. The number of hydrogen-bond acceptors (Lipinski definition) is 18. The number of hydrogen-bond donors (Lipinski definition) is 11. The lowest BCUT2D eigenvalue weighted by Gasteiger charge is -2.46. The minimum absolute atomic E-state index is 0.0312. The topological polar surface area (TPSA) is 446 Å². The third kappa shape index (κ3) is 18.2. The number of Topliss-reactive ketones (excluding diaryl/α,β-unsaturated/α-hetero) is 4. The van der Waals surface area contributed by atoms with Crippen LogP contribution in [0, 0.1) is 96.8 Å². The molecule has 0 atom stereocenters. The number of benzene rings is 4. The first-order chi connectivity index (χ1) is 65.0. The molecule has 0 spiro atoms. The van der Waals surface area contributed by atoms with Crippen LogP contribution in [0.3, 0.4) is 0 Å². The number of fused-ring (bicyclic) bond motifs is 4. The summed E-state index contributed by atoms with van der Waals surface area (Å²) in [6.45, 7) is 14.2. The van der Waals surface area contributed by atoms with Crippen molar-refractivity contribution in [3.8, 4) is 12.3 Å². The normalized spacial score (nSPS) is 16.1. The lowest BCUT2D eigenvalue weighted by atomic mass is 9.71. The van der Waals surface area contributed by atoms with Crippen molar-refractivity contribution < 1.29 is 97.0 Å². The number of aromatic nitrogens is 13. The molecule has 19 rings (SSSR count). The molecule has 4 aliphatic heterocycles. The maximum absolute atomic E-state index is 14.4. The van der Waals surface area contributed by atoms with Gasteiger partial charge in [0.1, 0.15) is 74.5 Å². The quantitative estimate of drug-likeness (QED) is 0.0116. The monoisotopic (exact) mass is 1910 g/mol. The summed E-state index contributed by atoms with van der Waals surface area (Å²) >= 11 is 6.09. The Labute approximate surface area is 778 Å². The van der Waals surface area contributed by atoms with Crippen LogP contribution in [0.25, 0.3) is 0 Å². The molecule has 0 bridgehead atoms. The van der Waals surface area contributed by atoms with E-state index in [0.717, 1.165) is 30.7 Å². The fourth-order valence-electron chi connectivity index (χ4n) is 18.7. The van der Waals surface area contributed by atoms with E-state index in [4.69, 9.17) is 18.0 Å². The Balaban J connectivity index is 0.000000133. The van der Waals surface area contributed by atoms with Gasteiger partial charge in [-0.2, -0.15) is 46.2 Å². The molecule has 0 radical (unpaired) electrons. The van der Waals surface area contributed by atoms with E-state index in [0.29, 0.717) is 177 Å². The molecule has 4 fully saturated rings. The van der Waals surface area contributed by atoms with E-state index in [9.17, 15) is 97.0 Å². The van der Waals surface area contributed by atoms with Gasteiger partial charge in [0.25, 0.3) is 82.7 Å². The highest BCUT2D eigenvalue weighted by molar-refractivity contribution is 6.46. The Bertz CT molecular complexity index is 6710. The number of alkyl halides is 4. The summed E-state index contributed by atoms with van der Waals surface area (Å²) in [6, 6.07) is 10.8. The number of aromatic amines is 3. The number of terminal acetylenes is 1. The minimum atomic E-state index is -3.03. The maximum Gasteiger partial charge on any atom is 0.293 e. The second-order valence-corrected chi connectivity index (χ2v) is 35.9. The molecule has 0 unspecified atom stereocenters. The van der Waals surface area contributed by atoms with Gasteiger partial charge in [-0.25, -0.2) is 39.5 Å². The fraction of sp³-hybridized carbons (Fsp3) is 0.362. The molecule has 11 heterocycles. The molecule has 8 amide bonds. The van der Waals surface area contributed by atoms with E-state index in [1.807, 2.05) is 0 Å². The van der Waals surface area contributed by atoms with E-state index in [2.05, 4.69) is 94.7 Å². The first-order valence-corrected chi connectivity index (χ1v) is 44.2. The van der Waals surface area contributed by atoms with E-state index in [1.54, 1.807) is 46.0 Å². The van der Waals surface area contributed by atoms with Crippen molar-refractivity contribution in [2.24, 2.45) is 0 Å². The van der Waals surface area contributed by atoms with E-state index >= 15 is 0 Å². The highest BCUT2D eigenvalue weighted by Crippen LogP contribution is 2.52. The van der Waals surface area contributed by atoms with Gasteiger partial charge in [-0.3, -0.25) is 57.5 Å². The molecular formula is C94H89ClF9N21O12. The van der Waals surface area contributed by atoms with Crippen LogP contribution in [-0.2, 0) is 87.7 Å². The van der Waals surface area contributed by atoms with Gasteiger partial charge in [0.2, 0.25) is 0 Å². The number of nitrogens with zero attached hydrogens (tertiary/aromatic N) is 10. The fourth-order valence-corrected chi connectivity index (χ4v) is 18.9.